The third-order valence-electron chi connectivity index (χ3n) is 2.91. The van der Waals surface area contributed by atoms with Crippen molar-refractivity contribution in [2.45, 2.75) is 13.3 Å². The van der Waals surface area contributed by atoms with E-state index < -0.39 is 5.97 Å². The Bertz CT molecular complexity index is 435. The van der Waals surface area contributed by atoms with Gasteiger partial charge in [0.05, 0.1) is 6.42 Å². The molecule has 1 rings (SSSR count). The van der Waals surface area contributed by atoms with Gasteiger partial charge in [0.15, 0.2) is 0 Å². The van der Waals surface area contributed by atoms with Gasteiger partial charge in [0, 0.05) is 30.3 Å². The standard InChI is InChI=1S/C14H21ClN2O2/c1-11-10-12(15)4-5-13(11)17(7-6-14(18)19)9-8-16(2)3/h4-5,10H,6-9H2,1-3H3,(H,18,19). The molecule has 106 valence electrons. The first kappa shape index (κ1) is 15.8. The summed E-state index contributed by atoms with van der Waals surface area (Å²) in [5.74, 6) is -0.776. The second-order valence-corrected chi connectivity index (χ2v) is 5.30. The lowest BCUT2D eigenvalue weighted by atomic mass is 10.1. The van der Waals surface area contributed by atoms with Crippen molar-refractivity contribution in [3.05, 3.63) is 28.8 Å². The van der Waals surface area contributed by atoms with Crippen LogP contribution in [0.25, 0.3) is 0 Å². The molecule has 0 aliphatic rings. The second kappa shape index (κ2) is 7.36. The maximum atomic E-state index is 10.8. The molecule has 0 atom stereocenters. The first-order chi connectivity index (χ1) is 8.90. The van der Waals surface area contributed by atoms with Crippen LogP contribution in [0.3, 0.4) is 0 Å². The molecule has 4 nitrogen and oxygen atoms in total. The van der Waals surface area contributed by atoms with E-state index in [1.54, 1.807) is 0 Å². The summed E-state index contributed by atoms with van der Waals surface area (Å²) in [7, 11) is 4.01. The van der Waals surface area contributed by atoms with Crippen LogP contribution in [0.2, 0.25) is 5.02 Å². The predicted molar refractivity (Wildman–Crippen MR) is 79.2 cm³/mol. The molecule has 0 saturated heterocycles. The van der Waals surface area contributed by atoms with Crippen LogP contribution in [0.4, 0.5) is 5.69 Å². The smallest absolute Gasteiger partial charge is 0.305 e. The number of carboxylic acids is 1. The lowest BCUT2D eigenvalue weighted by molar-refractivity contribution is -0.136. The number of benzene rings is 1. The molecule has 0 bridgehead atoms. The molecule has 1 aromatic carbocycles. The summed E-state index contributed by atoms with van der Waals surface area (Å²) in [5.41, 5.74) is 2.11. The van der Waals surface area contributed by atoms with Gasteiger partial charge in [-0.3, -0.25) is 4.79 Å². The molecule has 0 heterocycles. The van der Waals surface area contributed by atoms with Crippen LogP contribution in [-0.2, 0) is 4.79 Å². The van der Waals surface area contributed by atoms with E-state index in [1.165, 1.54) is 0 Å². The fourth-order valence-corrected chi connectivity index (χ4v) is 2.10. The molecule has 1 aromatic rings. The highest BCUT2D eigenvalue weighted by Crippen LogP contribution is 2.23. The zero-order chi connectivity index (χ0) is 14.4. The summed E-state index contributed by atoms with van der Waals surface area (Å²) >= 11 is 5.96. The van der Waals surface area contributed by atoms with Crippen LogP contribution in [0.5, 0.6) is 0 Å². The van der Waals surface area contributed by atoms with Gasteiger partial charge >= 0.3 is 5.97 Å². The van der Waals surface area contributed by atoms with Gasteiger partial charge in [-0.2, -0.15) is 0 Å². The minimum absolute atomic E-state index is 0.134. The average Bonchev–Trinajstić information content (AvgIpc) is 2.30. The van der Waals surface area contributed by atoms with Crippen LogP contribution in [0.15, 0.2) is 18.2 Å². The minimum atomic E-state index is -0.776. The number of carboxylic acid groups (broad SMARTS) is 1. The summed E-state index contributed by atoms with van der Waals surface area (Å²) in [4.78, 5) is 14.9. The topological polar surface area (TPSA) is 43.8 Å². The summed E-state index contributed by atoms with van der Waals surface area (Å²) in [6.45, 7) is 4.17. The van der Waals surface area contributed by atoms with Gasteiger partial charge in [0.25, 0.3) is 0 Å². The van der Waals surface area contributed by atoms with E-state index in [1.807, 2.05) is 39.2 Å². The zero-order valence-electron chi connectivity index (χ0n) is 11.7. The highest BCUT2D eigenvalue weighted by molar-refractivity contribution is 6.30. The van der Waals surface area contributed by atoms with E-state index in [2.05, 4.69) is 9.80 Å². The Labute approximate surface area is 119 Å². The maximum Gasteiger partial charge on any atom is 0.305 e. The molecule has 0 spiro atoms. The number of rotatable bonds is 7. The van der Waals surface area contributed by atoms with Crippen LogP contribution >= 0.6 is 11.6 Å². The number of hydrogen-bond donors (Lipinski definition) is 1. The molecule has 0 aromatic heterocycles. The van der Waals surface area contributed by atoms with Gasteiger partial charge < -0.3 is 14.9 Å². The molecule has 19 heavy (non-hydrogen) atoms. The number of aryl methyl sites for hydroxylation is 1. The zero-order valence-corrected chi connectivity index (χ0v) is 12.4. The average molecular weight is 285 g/mol. The minimum Gasteiger partial charge on any atom is -0.481 e. The molecule has 0 saturated carbocycles. The van der Waals surface area contributed by atoms with Gasteiger partial charge in [-0.1, -0.05) is 11.6 Å². The Kier molecular flexibility index (Phi) is 6.12. The number of nitrogens with zero attached hydrogens (tertiary/aromatic N) is 2. The predicted octanol–water partition coefficient (Wildman–Crippen LogP) is 2.49. The van der Waals surface area contributed by atoms with Crippen LogP contribution in [0, 0.1) is 6.92 Å². The maximum absolute atomic E-state index is 10.8. The normalized spacial score (nSPS) is 10.8. The highest BCUT2D eigenvalue weighted by Gasteiger charge is 2.11. The van der Waals surface area contributed by atoms with E-state index in [0.717, 1.165) is 24.3 Å². The lowest BCUT2D eigenvalue weighted by Crippen LogP contribution is -2.33. The van der Waals surface area contributed by atoms with E-state index >= 15 is 0 Å². The Morgan fingerprint density at radius 2 is 1.95 bits per heavy atom. The van der Waals surface area contributed by atoms with Crippen molar-refractivity contribution in [2.75, 3.05) is 38.6 Å². The molecule has 0 amide bonds. The Balaban J connectivity index is 2.83. The van der Waals surface area contributed by atoms with Crippen LogP contribution in [0.1, 0.15) is 12.0 Å². The molecule has 0 aliphatic carbocycles. The number of halogens is 1. The molecular formula is C14H21ClN2O2. The van der Waals surface area contributed by atoms with Gasteiger partial charge in [-0.25, -0.2) is 0 Å². The first-order valence-corrected chi connectivity index (χ1v) is 6.65. The summed E-state index contributed by atoms with van der Waals surface area (Å²) < 4.78 is 0. The number of carbonyl (C=O) groups is 1. The quantitative estimate of drug-likeness (QED) is 0.835. The van der Waals surface area contributed by atoms with Gasteiger partial charge in [-0.05, 0) is 44.8 Å². The summed E-state index contributed by atoms with van der Waals surface area (Å²) in [6.07, 6.45) is 0.134. The first-order valence-electron chi connectivity index (χ1n) is 6.28. The molecule has 1 N–H and O–H groups in total. The lowest BCUT2D eigenvalue weighted by Gasteiger charge is -2.27. The molecule has 5 heteroatoms. The summed E-state index contributed by atoms with van der Waals surface area (Å²) in [6, 6.07) is 5.70. The largest absolute Gasteiger partial charge is 0.481 e. The number of hydrogen-bond acceptors (Lipinski definition) is 3. The van der Waals surface area contributed by atoms with E-state index in [4.69, 9.17) is 16.7 Å². The fraction of sp³-hybridized carbons (Fsp3) is 0.500. The highest BCUT2D eigenvalue weighted by atomic mass is 35.5. The number of likely N-dealkylation sites (N-methyl/N-ethyl adjacent to an activating group) is 1. The van der Waals surface area contributed by atoms with Crippen molar-refractivity contribution in [1.29, 1.82) is 0 Å². The van der Waals surface area contributed by atoms with Gasteiger partial charge in [0.2, 0.25) is 0 Å². The van der Waals surface area contributed by atoms with Gasteiger partial charge in [-0.15, -0.1) is 0 Å². The van der Waals surface area contributed by atoms with Crippen LogP contribution < -0.4 is 4.90 Å². The van der Waals surface area contributed by atoms with Crippen molar-refractivity contribution in [3.63, 3.8) is 0 Å². The molecule has 0 fully saturated rings. The molecule has 0 unspecified atom stereocenters. The van der Waals surface area contributed by atoms with Crippen molar-refractivity contribution < 1.29 is 9.90 Å². The third kappa shape index (κ3) is 5.49. The van der Waals surface area contributed by atoms with Crippen molar-refractivity contribution >= 4 is 23.3 Å². The number of anilines is 1. The molecular weight excluding hydrogens is 264 g/mol. The third-order valence-corrected chi connectivity index (χ3v) is 3.15. The monoisotopic (exact) mass is 284 g/mol. The Morgan fingerprint density at radius 1 is 1.26 bits per heavy atom. The Morgan fingerprint density at radius 3 is 2.47 bits per heavy atom. The second-order valence-electron chi connectivity index (χ2n) is 4.86. The summed E-state index contributed by atoms with van der Waals surface area (Å²) in [5, 5.41) is 9.54. The Hall–Kier alpha value is -1.26. The van der Waals surface area contributed by atoms with Crippen molar-refractivity contribution in [1.82, 2.24) is 4.90 Å². The van der Waals surface area contributed by atoms with Crippen LogP contribution in [-0.4, -0.2) is 49.7 Å². The van der Waals surface area contributed by atoms with E-state index in [9.17, 15) is 4.79 Å². The van der Waals surface area contributed by atoms with E-state index in [0.29, 0.717) is 11.6 Å². The van der Waals surface area contributed by atoms with Crippen molar-refractivity contribution in [2.24, 2.45) is 0 Å². The van der Waals surface area contributed by atoms with Gasteiger partial charge in [0.1, 0.15) is 0 Å². The molecule has 0 radical (unpaired) electrons. The van der Waals surface area contributed by atoms with Crippen molar-refractivity contribution in [3.8, 4) is 0 Å². The molecule has 0 aliphatic heterocycles. The number of aliphatic carboxylic acids is 1. The fourth-order valence-electron chi connectivity index (χ4n) is 1.88. The van der Waals surface area contributed by atoms with E-state index in [-0.39, 0.29) is 6.42 Å². The SMILES string of the molecule is Cc1cc(Cl)ccc1N(CCC(=O)O)CCN(C)C.